The Bertz CT molecular complexity index is 2670. The molecule has 0 radical (unpaired) electrons. The summed E-state index contributed by atoms with van der Waals surface area (Å²) in [6, 6.07) is 19.5. The van der Waals surface area contributed by atoms with Crippen LogP contribution >= 0.6 is 23.6 Å². The van der Waals surface area contributed by atoms with E-state index in [0.29, 0.717) is 52.9 Å². The number of carbonyl (C=O) groups excluding carboxylic acids is 3. The Kier molecular flexibility index (Phi) is 25.5. The van der Waals surface area contributed by atoms with E-state index in [9.17, 15) is 27.6 Å². The molecule has 0 saturated heterocycles. The van der Waals surface area contributed by atoms with Crippen molar-refractivity contribution in [2.75, 3.05) is 0 Å². The average molecular weight is 1030 g/mol. The van der Waals surface area contributed by atoms with Gasteiger partial charge in [-0.3, -0.25) is 34.7 Å². The van der Waals surface area contributed by atoms with Gasteiger partial charge in [0.15, 0.2) is 0 Å². The first kappa shape index (κ1) is 55.7. The summed E-state index contributed by atoms with van der Waals surface area (Å²) in [5.41, 5.74) is 10.4. The molecule has 20 heteroatoms. The van der Waals surface area contributed by atoms with Gasteiger partial charge in [-0.2, -0.15) is 23.6 Å². The van der Waals surface area contributed by atoms with Gasteiger partial charge < -0.3 is 25.4 Å². The summed E-state index contributed by atoms with van der Waals surface area (Å²) in [5.74, 6) is -0.180. The number of unbranched alkanes of at least 4 members (excludes halogenated alkanes) is 3. The number of hydrogen-bond donors (Lipinski definition) is 1. The second-order valence-corrected chi connectivity index (χ2v) is 14.4. The molecule has 5 aromatic heterocycles. The summed E-state index contributed by atoms with van der Waals surface area (Å²) in [6.07, 6.45) is 17.1. The largest absolute Gasteiger partial charge is 2.00 e. The molecule has 0 aliphatic heterocycles. The van der Waals surface area contributed by atoms with Gasteiger partial charge in [0.25, 0.3) is 19.4 Å². The van der Waals surface area contributed by atoms with Gasteiger partial charge in [-0.1, -0.05) is 44.5 Å². The maximum Gasteiger partial charge on any atom is 2.00 e. The molecule has 344 valence electrons. The van der Waals surface area contributed by atoms with Crippen LogP contribution in [0.3, 0.4) is 0 Å². The van der Waals surface area contributed by atoms with Gasteiger partial charge in [-0.15, -0.1) is 17.0 Å². The van der Waals surface area contributed by atoms with E-state index in [4.69, 9.17) is 21.8 Å². The number of ether oxygens (including phenoxy) is 3. The van der Waals surface area contributed by atoms with Gasteiger partial charge in [0.05, 0.1) is 35.3 Å². The van der Waals surface area contributed by atoms with Crippen molar-refractivity contribution < 1.29 is 61.2 Å². The number of rotatable bonds is 20. The maximum atomic E-state index is 12.4. The van der Waals surface area contributed by atoms with Gasteiger partial charge in [0.2, 0.25) is 5.76 Å². The van der Waals surface area contributed by atoms with Gasteiger partial charge in [0, 0.05) is 34.0 Å². The summed E-state index contributed by atoms with van der Waals surface area (Å²) >= 11 is 5.43. The number of thiophene rings is 1. The van der Waals surface area contributed by atoms with Crippen molar-refractivity contribution in [3.63, 3.8) is 0 Å². The predicted molar refractivity (Wildman–Crippen MR) is 251 cm³/mol. The molecule has 0 aliphatic rings. The van der Waals surface area contributed by atoms with E-state index < -0.39 is 17.6 Å². The van der Waals surface area contributed by atoms with E-state index >= 15 is 0 Å². The maximum absolute atomic E-state index is 12.4. The quantitative estimate of drug-likeness (QED) is 0.0112. The minimum atomic E-state index is -4.77. The van der Waals surface area contributed by atoms with Crippen LogP contribution in [0.1, 0.15) is 70.3 Å². The molecule has 0 fully saturated rings. The average Bonchev–Trinajstić information content (AvgIpc) is 3.78. The van der Waals surface area contributed by atoms with Crippen molar-refractivity contribution in [3.05, 3.63) is 152 Å². The number of carbonyl (C=O) groups is 3. The Labute approximate surface area is 406 Å². The molecule has 2 N–H and O–H groups in total. The Balaban J connectivity index is 0.000000438. The van der Waals surface area contributed by atoms with E-state index in [1.807, 2.05) is 12.2 Å². The standard InChI is InChI=1S/C25H16N4O6.C21H23F3N3S.CNS.Ru/c26-14-21(35-17-32)9-19-2-6-28-23(11-19)25-13-20(4-8-34-16-31)12-24(29-25)22-10-18(1-5-27-22)3-7-33-15-30;1-2-3-4-5-6-16-9-10-17(28-16)8-7-15-11-12-27-19(13-15)18(25)14-20(26)21(22,23)24;2-1-3;/h1-13,15-17H;7-14,25-26H,2-6H2,1H3;;/q;2*-1;+2/b7-3+,8-4+,21-9+;8-7+,18-14-,26-20?;;. The second-order valence-electron chi connectivity index (χ2n) is 13.0. The Hall–Kier alpha value is -7.42. The summed E-state index contributed by atoms with van der Waals surface area (Å²) < 4.78 is 51.2. The molecule has 67 heavy (non-hydrogen) atoms. The number of allylic oxidation sites excluding steroid dienone is 2. The number of isothiocyanates is 1. The third-order valence-corrected chi connectivity index (χ3v) is 9.48. The molecule has 0 bridgehead atoms. The molecular formula is C47H39F3N8O6RuS2. The van der Waals surface area contributed by atoms with E-state index in [1.165, 1.54) is 72.8 Å². The van der Waals surface area contributed by atoms with Gasteiger partial charge in [-0.25, -0.2) is 4.98 Å². The summed E-state index contributed by atoms with van der Waals surface area (Å²) in [5, 5.41) is 24.5. The van der Waals surface area contributed by atoms with Gasteiger partial charge in [0.1, 0.15) is 11.8 Å². The van der Waals surface area contributed by atoms with Crippen molar-refractivity contribution in [2.24, 2.45) is 0 Å². The zero-order valence-electron chi connectivity index (χ0n) is 35.3. The van der Waals surface area contributed by atoms with Crippen molar-refractivity contribution >= 4 is 89.9 Å². The number of alkyl halides is 3. The number of aromatic nitrogens is 4. The van der Waals surface area contributed by atoms with Crippen molar-refractivity contribution in [2.45, 2.75) is 45.2 Å². The predicted octanol–water partition coefficient (Wildman–Crippen LogP) is 11.6. The first-order valence-corrected chi connectivity index (χ1v) is 20.6. The Morgan fingerprint density at radius 2 is 1.37 bits per heavy atom. The number of halogens is 3. The SMILES string of the molecule is CCCCCCc1ccc(/C=C/c2ccnc(/C([NH-])=C/C(=N)C(F)(F)F)c2)s1.N#C/C(=C\c1ccnc(-c2cc(/C=C/OC=O)cc(-c3cc(/C=C/OC=O)ccn3)n2)c1)OC=O.[N-]=C=S.[Ru+2]. The van der Waals surface area contributed by atoms with Crippen molar-refractivity contribution in [3.8, 4) is 28.8 Å². The first-order valence-electron chi connectivity index (χ1n) is 19.4. The molecule has 0 amide bonds. The minimum absolute atomic E-state index is 0. The molecule has 0 saturated carbocycles. The number of hydrogen-bond acceptors (Lipinski definition) is 14. The summed E-state index contributed by atoms with van der Waals surface area (Å²) in [4.78, 5) is 51.2. The number of pyridine rings is 4. The fourth-order valence-electron chi connectivity index (χ4n) is 5.39. The van der Waals surface area contributed by atoms with Crippen LogP contribution in [0.2, 0.25) is 0 Å². The zero-order valence-corrected chi connectivity index (χ0v) is 38.7. The third kappa shape index (κ3) is 20.5. The number of nitriles is 1. The molecule has 5 rings (SSSR count). The van der Waals surface area contributed by atoms with Crippen LogP contribution in [0.15, 0.2) is 104 Å². The number of thiocarbonyl (C=S) groups is 1. The molecule has 0 aromatic carbocycles. The van der Waals surface area contributed by atoms with Crippen LogP contribution in [0.4, 0.5) is 13.2 Å². The number of aryl methyl sites for hydroxylation is 1. The smallest absolute Gasteiger partial charge is 0.753 e. The molecular weight excluding hydrogens is 995 g/mol. The molecule has 14 nitrogen and oxygen atoms in total. The molecule has 5 heterocycles. The zero-order chi connectivity index (χ0) is 48.2. The van der Waals surface area contributed by atoms with Crippen LogP contribution in [0.5, 0.6) is 0 Å². The third-order valence-electron chi connectivity index (χ3n) is 8.37. The normalized spacial score (nSPS) is 11.2. The van der Waals surface area contributed by atoms with Crippen LogP contribution in [0.25, 0.3) is 70.0 Å². The van der Waals surface area contributed by atoms with E-state index in [-0.39, 0.29) is 37.4 Å². The van der Waals surface area contributed by atoms with Gasteiger partial charge in [-0.05, 0) is 126 Å². The van der Waals surface area contributed by atoms with E-state index in [2.05, 4.69) is 65.4 Å². The van der Waals surface area contributed by atoms with E-state index in [1.54, 1.807) is 78.2 Å². The van der Waals surface area contributed by atoms with Crippen molar-refractivity contribution in [1.82, 2.24) is 19.9 Å². The minimum Gasteiger partial charge on any atom is -0.753 e. The monoisotopic (exact) mass is 1030 g/mol. The van der Waals surface area contributed by atoms with Crippen LogP contribution < -0.4 is 0 Å². The topological polar surface area (TPSA) is 224 Å². The Morgan fingerprint density at radius 3 is 1.96 bits per heavy atom. The molecule has 0 aliphatic carbocycles. The number of nitrogens with one attached hydrogen (secondary N) is 2. The van der Waals surface area contributed by atoms with Crippen molar-refractivity contribution in [1.29, 1.82) is 10.7 Å². The molecule has 0 unspecified atom stereocenters. The molecule has 0 atom stereocenters. The molecule has 5 aromatic rings. The number of nitrogens with zero attached hydrogens (tertiary/aromatic N) is 6. The summed E-state index contributed by atoms with van der Waals surface area (Å²) in [6.45, 7) is 2.97. The van der Waals surface area contributed by atoms with E-state index in [0.717, 1.165) is 22.4 Å². The van der Waals surface area contributed by atoms with Crippen LogP contribution in [-0.4, -0.2) is 56.4 Å². The summed E-state index contributed by atoms with van der Waals surface area (Å²) in [7, 11) is 0. The fourth-order valence-corrected chi connectivity index (χ4v) is 6.35. The second kappa shape index (κ2) is 30.7. The molecule has 0 spiro atoms. The van der Waals surface area contributed by atoms with Crippen LogP contribution in [-0.2, 0) is 54.5 Å². The first-order chi connectivity index (χ1) is 31.9. The van der Waals surface area contributed by atoms with Gasteiger partial charge >= 0.3 is 25.7 Å². The fraction of sp³-hybridized carbons (Fsp3) is 0.149. The Morgan fingerprint density at radius 1 is 0.806 bits per heavy atom. The van der Waals surface area contributed by atoms with Crippen LogP contribution in [0, 0.1) is 16.7 Å².